The first-order valence-electron chi connectivity index (χ1n) is 15.3. The fourth-order valence-corrected chi connectivity index (χ4v) is 11.3. The number of rotatable bonds is 7. The Labute approximate surface area is 252 Å². The van der Waals surface area contributed by atoms with Gasteiger partial charge in [0, 0.05) is 16.7 Å². The topological polar surface area (TPSA) is 108 Å². The van der Waals surface area contributed by atoms with Crippen LogP contribution in [0.3, 0.4) is 0 Å². The fraction of sp³-hybridized carbons (Fsp3) is 0.781. The highest BCUT2D eigenvalue weighted by atomic mass is 32.2. The molecule has 4 fully saturated rings. The van der Waals surface area contributed by atoms with Crippen molar-refractivity contribution in [3.8, 4) is 0 Å². The quantitative estimate of drug-likeness (QED) is 0.329. The number of esters is 1. The van der Waals surface area contributed by atoms with E-state index in [-0.39, 0.29) is 34.1 Å². The molecule has 1 aromatic rings. The molecule has 1 spiro atoms. The van der Waals surface area contributed by atoms with Gasteiger partial charge in [-0.25, -0.2) is 8.42 Å². The van der Waals surface area contributed by atoms with Crippen LogP contribution in [-0.4, -0.2) is 76.8 Å². The molecule has 1 aromatic carbocycles. The van der Waals surface area contributed by atoms with E-state index in [1.165, 1.54) is 7.11 Å². The van der Waals surface area contributed by atoms with Crippen LogP contribution in [0.2, 0.25) is 18.1 Å². The zero-order valence-electron chi connectivity index (χ0n) is 26.7. The molecule has 1 aliphatic carbocycles. The summed E-state index contributed by atoms with van der Waals surface area (Å²) in [5, 5.41) is 13.0. The third-order valence-corrected chi connectivity index (χ3v) is 18.3. The van der Waals surface area contributed by atoms with Crippen molar-refractivity contribution in [2.45, 2.75) is 120 Å². The van der Waals surface area contributed by atoms with Crippen molar-refractivity contribution in [3.63, 3.8) is 0 Å². The lowest BCUT2D eigenvalue weighted by atomic mass is 9.49. The van der Waals surface area contributed by atoms with Gasteiger partial charge in [0.1, 0.15) is 17.3 Å². The average molecular weight is 623 g/mol. The largest absolute Gasteiger partial charge is 0.469 e. The smallest absolute Gasteiger partial charge is 0.311 e. The highest BCUT2D eigenvalue weighted by Crippen LogP contribution is 2.70. The van der Waals surface area contributed by atoms with E-state index in [0.29, 0.717) is 13.0 Å². The van der Waals surface area contributed by atoms with Crippen LogP contribution in [0.25, 0.3) is 0 Å². The number of hydrogen-bond donors (Lipinski definition) is 1. The van der Waals surface area contributed by atoms with Crippen molar-refractivity contribution in [1.82, 2.24) is 0 Å². The third-order valence-electron chi connectivity index (χ3n) is 12.1. The van der Waals surface area contributed by atoms with Crippen LogP contribution in [0.1, 0.15) is 67.2 Å². The molecule has 0 aromatic heterocycles. The standard InChI is InChI=1S/C32H50O8SSi/c1-28(2,3)42(8,9)40-24-16-15-21-20-38-27-31(34,17-18-41(35,36)22-13-11-10-12-14-22)29(4,5)25(26(33)37-7)23-19-30(24,6)32(21,27)39-23/h10-14,21,23-25,27,34H,15-20H2,1-9H3/t21-,23-,24+,25+,27-,30-,31-,32-/m1/s1. The van der Waals surface area contributed by atoms with Gasteiger partial charge in [0.2, 0.25) is 0 Å². The van der Waals surface area contributed by atoms with Crippen molar-refractivity contribution in [2.24, 2.45) is 22.7 Å². The van der Waals surface area contributed by atoms with E-state index in [1.807, 2.05) is 13.8 Å². The molecule has 236 valence electrons. The summed E-state index contributed by atoms with van der Waals surface area (Å²) in [7, 11) is -4.57. The van der Waals surface area contributed by atoms with Crippen LogP contribution in [0.5, 0.6) is 0 Å². The number of benzene rings is 1. The third kappa shape index (κ3) is 4.41. The Morgan fingerprint density at radius 3 is 2.36 bits per heavy atom. The van der Waals surface area contributed by atoms with Gasteiger partial charge in [0.15, 0.2) is 18.2 Å². The van der Waals surface area contributed by atoms with Crippen LogP contribution in [0.4, 0.5) is 0 Å². The molecule has 1 saturated carbocycles. The number of sulfone groups is 1. The minimum atomic E-state index is -3.72. The Morgan fingerprint density at radius 2 is 1.76 bits per heavy atom. The van der Waals surface area contributed by atoms with Crippen LogP contribution < -0.4 is 0 Å². The molecule has 5 rings (SSSR count). The Morgan fingerprint density at radius 1 is 1.12 bits per heavy atom. The summed E-state index contributed by atoms with van der Waals surface area (Å²) in [5.41, 5.74) is -4.33. The molecule has 3 saturated heterocycles. The van der Waals surface area contributed by atoms with E-state index in [9.17, 15) is 18.3 Å². The Bertz CT molecular complexity index is 1310. The van der Waals surface area contributed by atoms with Gasteiger partial charge in [-0.05, 0) is 55.9 Å². The lowest BCUT2D eigenvalue weighted by Crippen LogP contribution is -2.71. The molecule has 0 unspecified atom stereocenters. The number of aliphatic hydroxyl groups is 1. The summed E-state index contributed by atoms with van der Waals surface area (Å²) in [5.74, 6) is -1.60. The molecule has 1 N–H and O–H groups in total. The fourth-order valence-electron chi connectivity index (χ4n) is 8.49. The van der Waals surface area contributed by atoms with Crippen LogP contribution in [0.15, 0.2) is 35.2 Å². The molecule has 0 radical (unpaired) electrons. The van der Waals surface area contributed by atoms with Gasteiger partial charge >= 0.3 is 5.97 Å². The number of methoxy groups -OCH3 is 1. The predicted molar refractivity (Wildman–Crippen MR) is 162 cm³/mol. The predicted octanol–water partition coefficient (Wildman–Crippen LogP) is 5.14. The van der Waals surface area contributed by atoms with Gasteiger partial charge in [-0.3, -0.25) is 4.79 Å². The molecule has 3 aliphatic heterocycles. The highest BCUT2D eigenvalue weighted by molar-refractivity contribution is 7.91. The number of hydrogen-bond acceptors (Lipinski definition) is 8. The second-order valence-corrected chi connectivity index (χ2v) is 22.3. The average Bonchev–Trinajstić information content (AvgIpc) is 3.42. The van der Waals surface area contributed by atoms with Crippen LogP contribution >= 0.6 is 0 Å². The first kappa shape index (κ1) is 32.1. The summed E-state index contributed by atoms with van der Waals surface area (Å²) in [4.78, 5) is 13.8. The SMILES string of the molecule is COC(=O)[C@@H]1[C@H]2C[C@]3(C)[C@@H](O[Si](C)(C)C(C)(C)C)CC[C@@H]4CO[C@@H]([C@]43O2)[C@](O)(CCS(=O)(=O)c2ccccc2)C1(C)C. The molecule has 0 amide bonds. The van der Waals surface area contributed by atoms with Crippen molar-refractivity contribution in [2.75, 3.05) is 19.5 Å². The zero-order chi connectivity index (χ0) is 31.1. The summed E-state index contributed by atoms with van der Waals surface area (Å²) >= 11 is 0. The lowest BCUT2D eigenvalue weighted by molar-refractivity contribution is -0.233. The number of ether oxygens (including phenoxy) is 3. The Hall–Kier alpha value is -1.30. The van der Waals surface area contributed by atoms with Gasteiger partial charge in [-0.1, -0.05) is 59.7 Å². The molecular weight excluding hydrogens is 572 g/mol. The normalized spacial score (nSPS) is 39.4. The number of carbonyl (C=O) groups is 1. The van der Waals surface area contributed by atoms with Crippen molar-refractivity contribution in [3.05, 3.63) is 30.3 Å². The molecule has 8 nitrogen and oxygen atoms in total. The Kier molecular flexibility index (Phi) is 7.72. The highest BCUT2D eigenvalue weighted by Gasteiger charge is 2.80. The van der Waals surface area contributed by atoms with E-state index < -0.39 is 64.3 Å². The van der Waals surface area contributed by atoms with Gasteiger partial charge in [-0.15, -0.1) is 0 Å². The molecule has 8 atom stereocenters. The Balaban J connectivity index is 1.63. The van der Waals surface area contributed by atoms with E-state index in [4.69, 9.17) is 18.6 Å². The zero-order valence-corrected chi connectivity index (χ0v) is 28.5. The molecule has 10 heteroatoms. The second kappa shape index (κ2) is 10.1. The van der Waals surface area contributed by atoms with Gasteiger partial charge in [-0.2, -0.15) is 0 Å². The van der Waals surface area contributed by atoms with E-state index in [0.717, 1.165) is 12.8 Å². The van der Waals surface area contributed by atoms with Crippen LogP contribution in [-0.2, 0) is 33.3 Å². The summed E-state index contributed by atoms with van der Waals surface area (Å²) in [6, 6.07) is 8.30. The van der Waals surface area contributed by atoms with E-state index in [2.05, 4.69) is 40.8 Å². The first-order valence-corrected chi connectivity index (χ1v) is 19.9. The minimum absolute atomic E-state index is 0.00203. The lowest BCUT2D eigenvalue weighted by Gasteiger charge is -2.59. The van der Waals surface area contributed by atoms with Gasteiger partial charge in [0.05, 0.1) is 42.5 Å². The summed E-state index contributed by atoms with van der Waals surface area (Å²) in [6.07, 6.45) is 0.585. The molecule has 3 heterocycles. The van der Waals surface area contributed by atoms with E-state index >= 15 is 0 Å². The number of carbonyl (C=O) groups excluding carboxylic acids is 1. The van der Waals surface area contributed by atoms with E-state index in [1.54, 1.807) is 30.3 Å². The number of fused-ring (bicyclic) bond motifs is 1. The summed E-state index contributed by atoms with van der Waals surface area (Å²) < 4.78 is 53.2. The van der Waals surface area contributed by atoms with Gasteiger partial charge < -0.3 is 23.7 Å². The first-order chi connectivity index (χ1) is 19.3. The van der Waals surface area contributed by atoms with Crippen molar-refractivity contribution >= 4 is 24.1 Å². The molecule has 42 heavy (non-hydrogen) atoms. The second-order valence-electron chi connectivity index (χ2n) is 15.5. The van der Waals surface area contributed by atoms with Crippen molar-refractivity contribution < 1.29 is 37.0 Å². The maximum absolute atomic E-state index is 13.6. The summed E-state index contributed by atoms with van der Waals surface area (Å²) in [6.45, 7) is 17.5. The molecular formula is C32H50O8SSi. The minimum Gasteiger partial charge on any atom is -0.469 e. The van der Waals surface area contributed by atoms with Gasteiger partial charge in [0.25, 0.3) is 0 Å². The van der Waals surface area contributed by atoms with Crippen molar-refractivity contribution in [1.29, 1.82) is 0 Å². The maximum Gasteiger partial charge on any atom is 0.311 e. The maximum atomic E-state index is 13.6. The molecule has 2 bridgehead atoms. The van der Waals surface area contributed by atoms with Crippen LogP contribution in [0, 0.1) is 22.7 Å². The molecule has 4 aliphatic rings. The monoisotopic (exact) mass is 622 g/mol.